The number of hydrogen-bond acceptors (Lipinski definition) is 5. The number of anilines is 1. The summed E-state index contributed by atoms with van der Waals surface area (Å²) in [7, 11) is 0. The van der Waals surface area contributed by atoms with Gasteiger partial charge in [0.15, 0.2) is 5.78 Å². The molecule has 0 saturated heterocycles. The molecule has 0 aromatic carbocycles. The summed E-state index contributed by atoms with van der Waals surface area (Å²) in [4.78, 5) is 31.2. The Balaban J connectivity index is 1.83. The van der Waals surface area contributed by atoms with Crippen LogP contribution in [0.15, 0.2) is 47.1 Å². The van der Waals surface area contributed by atoms with E-state index in [1.165, 1.54) is 0 Å². The van der Waals surface area contributed by atoms with Crippen molar-refractivity contribution in [1.82, 2.24) is 20.1 Å². The quantitative estimate of drug-likeness (QED) is 0.756. The number of hydrogen-bond donors (Lipinski definition) is 2. The number of ketones is 1. The summed E-state index contributed by atoms with van der Waals surface area (Å²) in [6.45, 7) is 12.8. The fraction of sp³-hybridized carbons (Fsp3) is 0.440. The normalized spacial score (nSPS) is 20.2. The van der Waals surface area contributed by atoms with Gasteiger partial charge in [0.2, 0.25) is 0 Å². The molecule has 0 unspecified atom stereocenters. The number of allylic oxidation sites excluding steroid dienone is 3. The van der Waals surface area contributed by atoms with Crippen LogP contribution in [0.4, 0.5) is 5.82 Å². The van der Waals surface area contributed by atoms with Crippen LogP contribution < -0.4 is 10.6 Å². The van der Waals surface area contributed by atoms with E-state index in [-0.39, 0.29) is 17.1 Å². The zero-order chi connectivity index (χ0) is 23.2. The first-order chi connectivity index (χ1) is 15.1. The highest BCUT2D eigenvalue weighted by atomic mass is 16.2. The van der Waals surface area contributed by atoms with E-state index in [9.17, 15) is 9.59 Å². The topological polar surface area (TPSA) is 88.9 Å². The summed E-state index contributed by atoms with van der Waals surface area (Å²) >= 11 is 0. The van der Waals surface area contributed by atoms with Crippen LogP contribution in [-0.2, 0) is 16.1 Å². The van der Waals surface area contributed by atoms with Crippen molar-refractivity contribution >= 4 is 17.5 Å². The third kappa shape index (κ3) is 3.99. The number of dihydropyridines is 1. The van der Waals surface area contributed by atoms with E-state index in [1.54, 1.807) is 6.20 Å². The summed E-state index contributed by atoms with van der Waals surface area (Å²) < 4.78 is 1.86. The average molecular weight is 434 g/mol. The molecule has 3 heterocycles. The van der Waals surface area contributed by atoms with Crippen LogP contribution in [0.3, 0.4) is 0 Å². The minimum absolute atomic E-state index is 0.0869. The van der Waals surface area contributed by atoms with Gasteiger partial charge in [0.05, 0.1) is 5.69 Å². The lowest BCUT2D eigenvalue weighted by Crippen LogP contribution is -2.39. The molecule has 1 aliphatic carbocycles. The zero-order valence-electron chi connectivity index (χ0n) is 19.7. The first-order valence-corrected chi connectivity index (χ1v) is 11.1. The minimum Gasteiger partial charge on any atom is -0.362 e. The predicted octanol–water partition coefficient (Wildman–Crippen LogP) is 4.16. The Hall–Kier alpha value is -3.22. The van der Waals surface area contributed by atoms with Crippen LogP contribution in [0, 0.1) is 19.3 Å². The van der Waals surface area contributed by atoms with E-state index in [2.05, 4.69) is 34.6 Å². The highest BCUT2D eigenvalue weighted by Gasteiger charge is 2.43. The third-order valence-electron chi connectivity index (χ3n) is 6.26. The molecule has 2 N–H and O–H groups in total. The van der Waals surface area contributed by atoms with Gasteiger partial charge in [0.1, 0.15) is 5.82 Å². The highest BCUT2D eigenvalue weighted by Crippen LogP contribution is 2.47. The standard InChI is InChI=1S/C25H31N5O2/c1-7-30-13-17(15(3)29-30)22-21(24(32)28-20-10-14(2)8-9-26-20)16(4)27-18-11-25(5,6)12-19(31)23(18)22/h8-10,13,22,27H,7,11-12H2,1-6H3,(H,26,28,32)/t22-/m0/s1. The summed E-state index contributed by atoms with van der Waals surface area (Å²) in [5, 5.41) is 10.9. The highest BCUT2D eigenvalue weighted by molar-refractivity contribution is 6.09. The fourth-order valence-electron chi connectivity index (χ4n) is 4.81. The van der Waals surface area contributed by atoms with Gasteiger partial charge in [-0.05, 0) is 57.2 Å². The SMILES string of the molecule is CCn1cc([C@H]2C(C(=O)Nc3cc(C)ccn3)=C(C)NC3=C2C(=O)CC(C)(C)C3)c(C)n1. The first-order valence-electron chi connectivity index (χ1n) is 11.1. The minimum atomic E-state index is -0.458. The van der Waals surface area contributed by atoms with Crippen molar-refractivity contribution in [2.24, 2.45) is 5.41 Å². The van der Waals surface area contributed by atoms with E-state index < -0.39 is 5.92 Å². The molecular formula is C25H31N5O2. The molecule has 0 saturated carbocycles. The smallest absolute Gasteiger partial charge is 0.255 e. The molecule has 32 heavy (non-hydrogen) atoms. The number of Topliss-reactive ketones (excluding diaryl/α,β-unsaturated/α-hetero) is 1. The van der Waals surface area contributed by atoms with Crippen LogP contribution in [-0.4, -0.2) is 26.5 Å². The predicted molar refractivity (Wildman–Crippen MR) is 124 cm³/mol. The van der Waals surface area contributed by atoms with Gasteiger partial charge in [-0.1, -0.05) is 13.8 Å². The number of carbonyl (C=O) groups is 2. The second kappa shape index (κ2) is 8.04. The molecule has 168 valence electrons. The molecule has 1 aliphatic heterocycles. The van der Waals surface area contributed by atoms with Crippen LogP contribution in [0.5, 0.6) is 0 Å². The van der Waals surface area contributed by atoms with Crippen molar-refractivity contribution in [1.29, 1.82) is 0 Å². The number of rotatable bonds is 4. The van der Waals surface area contributed by atoms with E-state index >= 15 is 0 Å². The molecule has 0 radical (unpaired) electrons. The van der Waals surface area contributed by atoms with Crippen molar-refractivity contribution in [3.63, 3.8) is 0 Å². The Morgan fingerprint density at radius 1 is 1.28 bits per heavy atom. The van der Waals surface area contributed by atoms with Crippen molar-refractivity contribution in [2.45, 2.75) is 66.8 Å². The Bertz CT molecular complexity index is 1170. The Morgan fingerprint density at radius 3 is 2.69 bits per heavy atom. The van der Waals surface area contributed by atoms with Crippen LogP contribution in [0.2, 0.25) is 0 Å². The Kier molecular flexibility index (Phi) is 5.53. The van der Waals surface area contributed by atoms with Crippen molar-refractivity contribution in [2.75, 3.05) is 5.32 Å². The number of amides is 1. The van der Waals surface area contributed by atoms with Gasteiger partial charge in [-0.2, -0.15) is 5.10 Å². The van der Waals surface area contributed by atoms with Gasteiger partial charge in [0, 0.05) is 59.4 Å². The number of nitrogens with zero attached hydrogens (tertiary/aromatic N) is 3. The van der Waals surface area contributed by atoms with Gasteiger partial charge in [-0.15, -0.1) is 0 Å². The second-order valence-corrected chi connectivity index (χ2v) is 9.63. The van der Waals surface area contributed by atoms with Crippen LogP contribution >= 0.6 is 0 Å². The van der Waals surface area contributed by atoms with Gasteiger partial charge < -0.3 is 10.6 Å². The molecular weight excluding hydrogens is 402 g/mol. The number of pyridine rings is 1. The molecule has 0 fully saturated rings. The molecule has 2 aromatic rings. The summed E-state index contributed by atoms with van der Waals surface area (Å²) in [6.07, 6.45) is 4.86. The van der Waals surface area contributed by atoms with Crippen LogP contribution in [0.1, 0.15) is 63.3 Å². The van der Waals surface area contributed by atoms with E-state index in [4.69, 9.17) is 0 Å². The molecule has 1 atom stereocenters. The lowest BCUT2D eigenvalue weighted by atomic mass is 9.68. The molecule has 1 amide bonds. The van der Waals surface area contributed by atoms with Crippen molar-refractivity contribution < 1.29 is 9.59 Å². The number of carbonyl (C=O) groups excluding carboxylic acids is 2. The molecule has 0 spiro atoms. The van der Waals surface area contributed by atoms with Crippen molar-refractivity contribution in [3.05, 3.63) is 63.9 Å². The largest absolute Gasteiger partial charge is 0.362 e. The maximum absolute atomic E-state index is 13.6. The number of nitrogens with one attached hydrogen (secondary N) is 2. The lowest BCUT2D eigenvalue weighted by molar-refractivity contribution is -0.118. The second-order valence-electron chi connectivity index (χ2n) is 9.63. The molecule has 4 rings (SSSR count). The molecule has 7 heteroatoms. The molecule has 7 nitrogen and oxygen atoms in total. The molecule has 2 aliphatic rings. The van der Waals surface area contributed by atoms with E-state index in [1.807, 2.05) is 50.7 Å². The molecule has 0 bridgehead atoms. The van der Waals surface area contributed by atoms with E-state index in [0.29, 0.717) is 23.4 Å². The monoisotopic (exact) mass is 433 g/mol. The number of aryl methyl sites for hydroxylation is 3. The van der Waals surface area contributed by atoms with Gasteiger partial charge in [-0.3, -0.25) is 14.3 Å². The third-order valence-corrected chi connectivity index (χ3v) is 6.26. The Morgan fingerprint density at radius 2 is 2.03 bits per heavy atom. The maximum atomic E-state index is 13.6. The average Bonchev–Trinajstić information content (AvgIpc) is 3.06. The van der Waals surface area contributed by atoms with E-state index in [0.717, 1.165) is 41.2 Å². The zero-order valence-corrected chi connectivity index (χ0v) is 19.7. The lowest BCUT2D eigenvalue weighted by Gasteiger charge is -2.39. The summed E-state index contributed by atoms with van der Waals surface area (Å²) in [6, 6.07) is 3.71. The van der Waals surface area contributed by atoms with Crippen LogP contribution in [0.25, 0.3) is 0 Å². The molecule has 2 aromatic heterocycles. The summed E-state index contributed by atoms with van der Waals surface area (Å²) in [5.74, 6) is -0.138. The van der Waals surface area contributed by atoms with Gasteiger partial charge >= 0.3 is 0 Å². The Labute approximate surface area is 189 Å². The van der Waals surface area contributed by atoms with Gasteiger partial charge in [0.25, 0.3) is 5.91 Å². The fourth-order valence-corrected chi connectivity index (χ4v) is 4.81. The summed E-state index contributed by atoms with van der Waals surface area (Å²) in [5.41, 5.74) is 5.52. The van der Waals surface area contributed by atoms with Crippen molar-refractivity contribution in [3.8, 4) is 0 Å². The number of aromatic nitrogens is 3. The first kappa shape index (κ1) is 22.0. The maximum Gasteiger partial charge on any atom is 0.255 e. The van der Waals surface area contributed by atoms with Gasteiger partial charge in [-0.25, -0.2) is 4.98 Å².